The zero-order chi connectivity index (χ0) is 10.5. The smallest absolute Gasteiger partial charge is 0.131 e. The van der Waals surface area contributed by atoms with Gasteiger partial charge in [0.15, 0.2) is 0 Å². The molecule has 80 valence electrons. The predicted octanol–water partition coefficient (Wildman–Crippen LogP) is 1.35. The molecule has 1 aliphatic carbocycles. The Kier molecular flexibility index (Phi) is 1.80. The van der Waals surface area contributed by atoms with Gasteiger partial charge in [-0.15, -0.1) is 0 Å². The topological polar surface area (TPSA) is 36.4 Å². The molecule has 1 aromatic heterocycles. The number of aliphatic hydroxyl groups is 1. The van der Waals surface area contributed by atoms with Crippen LogP contribution in [0, 0.1) is 12.8 Å². The molecule has 0 bridgehead atoms. The van der Waals surface area contributed by atoms with Gasteiger partial charge in [0.05, 0.1) is 13.1 Å². The van der Waals surface area contributed by atoms with Gasteiger partial charge < -0.3 is 10.0 Å². The molecule has 3 nitrogen and oxygen atoms in total. The molecule has 3 rings (SSSR count). The van der Waals surface area contributed by atoms with E-state index in [9.17, 15) is 5.11 Å². The lowest BCUT2D eigenvalue weighted by atomic mass is 9.88. The van der Waals surface area contributed by atoms with Crippen LogP contribution in [0.5, 0.6) is 0 Å². The van der Waals surface area contributed by atoms with Crippen LogP contribution in [0.15, 0.2) is 18.3 Å². The van der Waals surface area contributed by atoms with Crippen molar-refractivity contribution in [3.8, 4) is 0 Å². The molecule has 0 radical (unpaired) electrons. The van der Waals surface area contributed by atoms with Gasteiger partial charge in [0, 0.05) is 6.20 Å². The molecule has 0 amide bonds. The van der Waals surface area contributed by atoms with Crippen LogP contribution in [0.1, 0.15) is 18.4 Å². The molecular weight excluding hydrogens is 188 g/mol. The van der Waals surface area contributed by atoms with E-state index < -0.39 is 5.60 Å². The fraction of sp³-hybridized carbons (Fsp3) is 0.583. The fourth-order valence-electron chi connectivity index (χ4n) is 2.45. The van der Waals surface area contributed by atoms with Gasteiger partial charge in [0.1, 0.15) is 11.4 Å². The maximum atomic E-state index is 10.2. The Labute approximate surface area is 89.7 Å². The normalized spacial score (nSPS) is 23.7. The summed E-state index contributed by atoms with van der Waals surface area (Å²) in [6.45, 7) is 3.59. The van der Waals surface area contributed by atoms with Crippen molar-refractivity contribution < 1.29 is 5.11 Å². The SMILES string of the molecule is Cc1cccnc1N1CC(O)(C2CC2)C1. The molecule has 2 fully saturated rings. The maximum absolute atomic E-state index is 10.2. The zero-order valence-corrected chi connectivity index (χ0v) is 8.98. The van der Waals surface area contributed by atoms with Crippen LogP contribution in [0.3, 0.4) is 0 Å². The molecule has 1 N–H and O–H groups in total. The molecule has 1 aromatic rings. The van der Waals surface area contributed by atoms with Crippen LogP contribution in [0.4, 0.5) is 5.82 Å². The van der Waals surface area contributed by atoms with Crippen molar-refractivity contribution in [3.63, 3.8) is 0 Å². The van der Waals surface area contributed by atoms with E-state index in [1.165, 1.54) is 18.4 Å². The zero-order valence-electron chi connectivity index (χ0n) is 8.98. The minimum atomic E-state index is -0.413. The van der Waals surface area contributed by atoms with E-state index in [-0.39, 0.29) is 0 Å². The molecule has 2 aliphatic rings. The van der Waals surface area contributed by atoms with Gasteiger partial charge in [-0.05, 0) is 37.3 Å². The van der Waals surface area contributed by atoms with E-state index in [4.69, 9.17) is 0 Å². The summed E-state index contributed by atoms with van der Waals surface area (Å²) >= 11 is 0. The second-order valence-corrected chi connectivity index (χ2v) is 4.88. The summed E-state index contributed by atoms with van der Waals surface area (Å²) in [5.74, 6) is 1.58. The lowest BCUT2D eigenvalue weighted by Crippen LogP contribution is -2.63. The third-order valence-corrected chi connectivity index (χ3v) is 3.55. The van der Waals surface area contributed by atoms with Gasteiger partial charge in [-0.1, -0.05) is 6.07 Å². The average Bonchev–Trinajstić information content (AvgIpc) is 2.97. The van der Waals surface area contributed by atoms with Crippen LogP contribution in [-0.2, 0) is 0 Å². The Bertz CT molecular complexity index is 381. The molecule has 2 heterocycles. The number of hydrogen-bond acceptors (Lipinski definition) is 3. The predicted molar refractivity (Wildman–Crippen MR) is 58.9 cm³/mol. The third kappa shape index (κ3) is 1.42. The van der Waals surface area contributed by atoms with Gasteiger partial charge in [-0.3, -0.25) is 0 Å². The Balaban J connectivity index is 1.74. The number of hydrogen-bond donors (Lipinski definition) is 1. The average molecular weight is 204 g/mol. The van der Waals surface area contributed by atoms with Crippen molar-refractivity contribution in [2.24, 2.45) is 5.92 Å². The van der Waals surface area contributed by atoms with E-state index in [1.807, 2.05) is 12.3 Å². The molecule has 0 unspecified atom stereocenters. The number of aromatic nitrogens is 1. The van der Waals surface area contributed by atoms with Crippen molar-refractivity contribution in [1.82, 2.24) is 4.98 Å². The highest BCUT2D eigenvalue weighted by molar-refractivity contribution is 5.50. The molecule has 0 spiro atoms. The molecular formula is C12H16N2O. The lowest BCUT2D eigenvalue weighted by Gasteiger charge is -2.48. The van der Waals surface area contributed by atoms with Crippen molar-refractivity contribution >= 4 is 5.82 Å². The number of β-amino-alcohol motifs (C(OH)–C–C–N with tert-alkyl or cyclic N) is 1. The van der Waals surface area contributed by atoms with Crippen molar-refractivity contribution in [3.05, 3.63) is 23.9 Å². The number of pyridine rings is 1. The van der Waals surface area contributed by atoms with Gasteiger partial charge in [0.2, 0.25) is 0 Å². The lowest BCUT2D eigenvalue weighted by molar-refractivity contribution is -0.00979. The summed E-state index contributed by atoms with van der Waals surface area (Å²) in [6, 6.07) is 4.02. The summed E-state index contributed by atoms with van der Waals surface area (Å²) in [5.41, 5.74) is 0.777. The summed E-state index contributed by atoms with van der Waals surface area (Å²) in [7, 11) is 0. The van der Waals surface area contributed by atoms with E-state index in [2.05, 4.69) is 22.9 Å². The second-order valence-electron chi connectivity index (χ2n) is 4.88. The highest BCUT2D eigenvalue weighted by Gasteiger charge is 2.52. The number of anilines is 1. The van der Waals surface area contributed by atoms with Crippen LogP contribution < -0.4 is 4.90 Å². The molecule has 0 aromatic carbocycles. The van der Waals surface area contributed by atoms with Crippen LogP contribution in [0.2, 0.25) is 0 Å². The van der Waals surface area contributed by atoms with Gasteiger partial charge >= 0.3 is 0 Å². The van der Waals surface area contributed by atoms with Gasteiger partial charge in [-0.25, -0.2) is 4.98 Å². The number of rotatable bonds is 2. The highest BCUT2D eigenvalue weighted by atomic mass is 16.3. The first-order valence-electron chi connectivity index (χ1n) is 5.58. The summed E-state index contributed by atoms with van der Waals surface area (Å²) in [4.78, 5) is 6.53. The molecule has 1 saturated heterocycles. The van der Waals surface area contributed by atoms with E-state index >= 15 is 0 Å². The number of aryl methyl sites for hydroxylation is 1. The van der Waals surface area contributed by atoms with Crippen LogP contribution >= 0.6 is 0 Å². The maximum Gasteiger partial charge on any atom is 0.131 e. The summed E-state index contributed by atoms with van der Waals surface area (Å²) < 4.78 is 0. The fourth-order valence-corrected chi connectivity index (χ4v) is 2.45. The van der Waals surface area contributed by atoms with E-state index in [0.29, 0.717) is 5.92 Å². The Hall–Kier alpha value is -1.09. The molecule has 3 heteroatoms. The Morgan fingerprint density at radius 2 is 2.20 bits per heavy atom. The molecule has 1 saturated carbocycles. The van der Waals surface area contributed by atoms with Gasteiger partial charge in [-0.2, -0.15) is 0 Å². The highest BCUT2D eigenvalue weighted by Crippen LogP contribution is 2.45. The van der Waals surface area contributed by atoms with Crippen molar-refractivity contribution in [2.45, 2.75) is 25.4 Å². The van der Waals surface area contributed by atoms with Crippen LogP contribution in [0.25, 0.3) is 0 Å². The van der Waals surface area contributed by atoms with E-state index in [1.54, 1.807) is 0 Å². The Morgan fingerprint density at radius 3 is 2.80 bits per heavy atom. The monoisotopic (exact) mass is 204 g/mol. The summed E-state index contributed by atoms with van der Waals surface area (Å²) in [6.07, 6.45) is 4.22. The van der Waals surface area contributed by atoms with Gasteiger partial charge in [0.25, 0.3) is 0 Å². The molecule has 1 aliphatic heterocycles. The Morgan fingerprint density at radius 1 is 1.47 bits per heavy atom. The minimum absolute atomic E-state index is 0.413. The molecule has 0 atom stereocenters. The third-order valence-electron chi connectivity index (χ3n) is 3.55. The summed E-state index contributed by atoms with van der Waals surface area (Å²) in [5, 5.41) is 10.2. The van der Waals surface area contributed by atoms with Crippen molar-refractivity contribution in [2.75, 3.05) is 18.0 Å². The largest absolute Gasteiger partial charge is 0.386 e. The first-order valence-corrected chi connectivity index (χ1v) is 5.58. The first kappa shape index (κ1) is 9.16. The quantitative estimate of drug-likeness (QED) is 0.790. The van der Waals surface area contributed by atoms with Crippen molar-refractivity contribution in [1.29, 1.82) is 0 Å². The molecule has 15 heavy (non-hydrogen) atoms. The minimum Gasteiger partial charge on any atom is -0.386 e. The standard InChI is InChI=1S/C12H16N2O/c1-9-3-2-6-13-11(9)14-7-12(15,8-14)10-4-5-10/h2-3,6,10,15H,4-5,7-8H2,1H3. The van der Waals surface area contributed by atoms with Crippen LogP contribution in [-0.4, -0.2) is 28.8 Å². The first-order chi connectivity index (χ1) is 7.19. The second kappa shape index (κ2) is 2.95. The number of nitrogens with zero attached hydrogens (tertiary/aromatic N) is 2. The van der Waals surface area contributed by atoms with E-state index in [0.717, 1.165) is 18.9 Å².